The second-order valence-electron chi connectivity index (χ2n) is 5.99. The van der Waals surface area contributed by atoms with Gasteiger partial charge in [-0.2, -0.15) is 0 Å². The van der Waals surface area contributed by atoms with Crippen LogP contribution in [0, 0.1) is 5.92 Å². The van der Waals surface area contributed by atoms with Crippen molar-refractivity contribution in [1.29, 1.82) is 0 Å². The van der Waals surface area contributed by atoms with Crippen LogP contribution in [0.25, 0.3) is 0 Å². The molecule has 2 atom stereocenters. The third-order valence-corrected chi connectivity index (χ3v) is 4.29. The van der Waals surface area contributed by atoms with E-state index in [1.54, 1.807) is 0 Å². The maximum atomic E-state index is 12.4. The Morgan fingerprint density at radius 2 is 1.86 bits per heavy atom. The summed E-state index contributed by atoms with van der Waals surface area (Å²) in [6.45, 7) is 2.84. The minimum absolute atomic E-state index is 0. The van der Waals surface area contributed by atoms with E-state index in [4.69, 9.17) is 5.73 Å². The molecule has 0 radical (unpaired) electrons. The number of carbonyl (C=O) groups excluding carboxylic acids is 1. The lowest BCUT2D eigenvalue weighted by atomic mass is 9.85. The van der Waals surface area contributed by atoms with Gasteiger partial charge in [-0.05, 0) is 36.8 Å². The summed E-state index contributed by atoms with van der Waals surface area (Å²) in [5, 5.41) is 0. The van der Waals surface area contributed by atoms with Crippen LogP contribution in [-0.2, 0) is 17.8 Å². The third-order valence-electron chi connectivity index (χ3n) is 4.29. The normalized spacial score (nSPS) is 21.5. The maximum absolute atomic E-state index is 12.4. The summed E-state index contributed by atoms with van der Waals surface area (Å²) < 4.78 is 0. The number of benzene rings is 1. The van der Waals surface area contributed by atoms with E-state index in [1.165, 1.54) is 11.1 Å². The van der Waals surface area contributed by atoms with Gasteiger partial charge in [-0.1, -0.05) is 37.6 Å². The minimum atomic E-state index is 0. The number of halogens is 1. The molecule has 1 aliphatic carbocycles. The molecule has 0 aliphatic heterocycles. The van der Waals surface area contributed by atoms with Gasteiger partial charge >= 0.3 is 0 Å². The lowest BCUT2D eigenvalue weighted by Gasteiger charge is -2.29. The summed E-state index contributed by atoms with van der Waals surface area (Å²) in [6, 6.07) is 8.73. The monoisotopic (exact) mass is 310 g/mol. The predicted octanol–water partition coefficient (Wildman–Crippen LogP) is 3.15. The van der Waals surface area contributed by atoms with Crippen molar-refractivity contribution in [3.63, 3.8) is 0 Å². The molecule has 0 bridgehead atoms. The Hall–Kier alpha value is -1.06. The molecule has 0 saturated heterocycles. The summed E-state index contributed by atoms with van der Waals surface area (Å²) in [7, 11) is 1.90. The summed E-state index contributed by atoms with van der Waals surface area (Å²) in [4.78, 5) is 14.3. The quantitative estimate of drug-likeness (QED) is 0.928. The highest BCUT2D eigenvalue weighted by atomic mass is 35.5. The zero-order valence-corrected chi connectivity index (χ0v) is 13.9. The van der Waals surface area contributed by atoms with E-state index in [0.29, 0.717) is 6.54 Å². The zero-order valence-electron chi connectivity index (χ0n) is 13.0. The minimum Gasteiger partial charge on any atom is -0.341 e. The average Bonchev–Trinajstić information content (AvgIpc) is 2.47. The third kappa shape index (κ3) is 5.01. The Morgan fingerprint density at radius 3 is 2.43 bits per heavy atom. The van der Waals surface area contributed by atoms with E-state index in [2.05, 4.69) is 31.2 Å². The molecule has 0 heterocycles. The van der Waals surface area contributed by atoms with E-state index in [-0.39, 0.29) is 30.3 Å². The van der Waals surface area contributed by atoms with E-state index in [9.17, 15) is 4.79 Å². The van der Waals surface area contributed by atoms with E-state index < -0.39 is 0 Å². The van der Waals surface area contributed by atoms with Crippen molar-refractivity contribution >= 4 is 18.3 Å². The van der Waals surface area contributed by atoms with E-state index in [0.717, 1.165) is 32.1 Å². The second-order valence-corrected chi connectivity index (χ2v) is 5.99. The molecule has 2 rings (SSSR count). The predicted molar refractivity (Wildman–Crippen MR) is 89.5 cm³/mol. The van der Waals surface area contributed by atoms with Crippen molar-refractivity contribution in [2.75, 3.05) is 7.05 Å². The Morgan fingerprint density at radius 1 is 1.24 bits per heavy atom. The van der Waals surface area contributed by atoms with Crippen LogP contribution in [0.1, 0.15) is 43.7 Å². The van der Waals surface area contributed by atoms with Crippen LogP contribution in [-0.4, -0.2) is 23.9 Å². The summed E-state index contributed by atoms with van der Waals surface area (Å²) >= 11 is 0. The van der Waals surface area contributed by atoms with Gasteiger partial charge < -0.3 is 10.6 Å². The molecule has 1 aromatic carbocycles. The molecule has 0 aromatic heterocycles. The van der Waals surface area contributed by atoms with Gasteiger partial charge in [0.15, 0.2) is 0 Å². The standard InChI is InChI=1S/C17H26N2O.ClH/c1-3-13-7-9-14(10-8-13)12-19(2)17(20)15-5-4-6-16(18)11-15;/h7-10,15-16H,3-6,11-12,18H2,1-2H3;1H. The van der Waals surface area contributed by atoms with Crippen molar-refractivity contribution < 1.29 is 4.79 Å². The highest BCUT2D eigenvalue weighted by molar-refractivity contribution is 5.85. The lowest BCUT2D eigenvalue weighted by molar-refractivity contribution is -0.135. The topological polar surface area (TPSA) is 46.3 Å². The molecule has 3 nitrogen and oxygen atoms in total. The van der Waals surface area contributed by atoms with Gasteiger partial charge in [0.1, 0.15) is 0 Å². The fourth-order valence-electron chi connectivity index (χ4n) is 3.00. The Balaban J connectivity index is 0.00000220. The van der Waals surface area contributed by atoms with E-state index in [1.807, 2.05) is 11.9 Å². The van der Waals surface area contributed by atoms with Crippen molar-refractivity contribution in [1.82, 2.24) is 4.90 Å². The number of carbonyl (C=O) groups is 1. The van der Waals surface area contributed by atoms with Crippen LogP contribution in [0.3, 0.4) is 0 Å². The molecule has 118 valence electrons. The lowest BCUT2D eigenvalue weighted by Crippen LogP contribution is -2.38. The van der Waals surface area contributed by atoms with Crippen molar-refractivity contribution in [3.8, 4) is 0 Å². The molecule has 1 fully saturated rings. The van der Waals surface area contributed by atoms with Crippen LogP contribution >= 0.6 is 12.4 Å². The largest absolute Gasteiger partial charge is 0.341 e. The van der Waals surface area contributed by atoms with Gasteiger partial charge in [0.2, 0.25) is 5.91 Å². The highest BCUT2D eigenvalue weighted by Crippen LogP contribution is 2.25. The van der Waals surface area contributed by atoms with E-state index >= 15 is 0 Å². The number of hydrogen-bond acceptors (Lipinski definition) is 2. The van der Waals surface area contributed by atoms with Crippen LogP contribution in [0.15, 0.2) is 24.3 Å². The number of rotatable bonds is 4. The second kappa shape index (κ2) is 8.40. The van der Waals surface area contributed by atoms with Crippen LogP contribution in [0.2, 0.25) is 0 Å². The fraction of sp³-hybridized carbons (Fsp3) is 0.588. The van der Waals surface area contributed by atoms with Crippen LogP contribution in [0.4, 0.5) is 0 Å². The smallest absolute Gasteiger partial charge is 0.225 e. The first kappa shape index (κ1) is 18.0. The van der Waals surface area contributed by atoms with Crippen LogP contribution in [0.5, 0.6) is 0 Å². The Bertz CT molecular complexity index is 447. The first-order chi connectivity index (χ1) is 9.60. The SMILES string of the molecule is CCc1ccc(CN(C)C(=O)C2CCCC(N)C2)cc1.Cl. The first-order valence-corrected chi connectivity index (χ1v) is 7.68. The van der Waals surface area contributed by atoms with Crippen molar-refractivity contribution in [2.45, 2.75) is 51.6 Å². The van der Waals surface area contributed by atoms with Gasteiger partial charge in [0.05, 0.1) is 0 Å². The number of amides is 1. The molecule has 1 saturated carbocycles. The fourth-order valence-corrected chi connectivity index (χ4v) is 3.00. The van der Waals surface area contributed by atoms with Crippen LogP contribution < -0.4 is 5.73 Å². The summed E-state index contributed by atoms with van der Waals surface area (Å²) in [5.41, 5.74) is 8.50. The molecule has 2 unspecified atom stereocenters. The number of hydrogen-bond donors (Lipinski definition) is 1. The molecule has 0 spiro atoms. The first-order valence-electron chi connectivity index (χ1n) is 7.68. The molecule has 2 N–H and O–H groups in total. The number of aryl methyl sites for hydroxylation is 1. The zero-order chi connectivity index (χ0) is 14.5. The van der Waals surface area contributed by atoms with Gasteiger partial charge in [-0.25, -0.2) is 0 Å². The molecular weight excluding hydrogens is 284 g/mol. The number of nitrogens with zero attached hydrogens (tertiary/aromatic N) is 1. The molecule has 1 amide bonds. The molecule has 1 aliphatic rings. The average molecular weight is 311 g/mol. The highest BCUT2D eigenvalue weighted by Gasteiger charge is 2.27. The Labute approximate surface area is 134 Å². The molecular formula is C17H27ClN2O. The summed E-state index contributed by atoms with van der Waals surface area (Å²) in [6.07, 6.45) is 5.03. The molecule has 21 heavy (non-hydrogen) atoms. The van der Waals surface area contributed by atoms with Crippen molar-refractivity contribution in [3.05, 3.63) is 35.4 Å². The molecule has 1 aromatic rings. The van der Waals surface area contributed by atoms with Gasteiger partial charge in [-0.3, -0.25) is 4.79 Å². The Kier molecular flexibility index (Phi) is 7.20. The summed E-state index contributed by atoms with van der Waals surface area (Å²) in [5.74, 6) is 0.374. The maximum Gasteiger partial charge on any atom is 0.225 e. The number of nitrogens with two attached hydrogens (primary N) is 1. The molecule has 4 heteroatoms. The van der Waals surface area contributed by atoms with Crippen molar-refractivity contribution in [2.24, 2.45) is 11.7 Å². The van der Waals surface area contributed by atoms with Gasteiger partial charge in [0.25, 0.3) is 0 Å². The van der Waals surface area contributed by atoms with Gasteiger partial charge in [0, 0.05) is 25.6 Å². The van der Waals surface area contributed by atoms with Gasteiger partial charge in [-0.15, -0.1) is 12.4 Å².